The summed E-state index contributed by atoms with van der Waals surface area (Å²) < 4.78 is 14.1. The Morgan fingerprint density at radius 2 is 2.00 bits per heavy atom. The van der Waals surface area contributed by atoms with Crippen molar-refractivity contribution >= 4 is 33.2 Å². The van der Waals surface area contributed by atoms with Gasteiger partial charge in [-0.2, -0.15) is 0 Å². The average molecular weight is 325 g/mol. The first-order chi connectivity index (χ1) is 8.97. The number of anilines is 2. The van der Waals surface area contributed by atoms with Crippen LogP contribution in [0.3, 0.4) is 0 Å². The van der Waals surface area contributed by atoms with Crippen LogP contribution in [0.2, 0.25) is 0 Å². The molecule has 4 N–H and O–H groups in total. The normalized spacial score (nSPS) is 10.2. The maximum absolute atomic E-state index is 13.5. The number of halogens is 2. The van der Waals surface area contributed by atoms with Gasteiger partial charge in [0, 0.05) is 10.2 Å². The first-order valence-electron chi connectivity index (χ1n) is 5.32. The molecule has 0 heterocycles. The molecule has 2 aromatic rings. The molecule has 0 aromatic heterocycles. The number of aromatic hydroxyl groups is 1. The third-order valence-electron chi connectivity index (χ3n) is 2.46. The van der Waals surface area contributed by atoms with Crippen molar-refractivity contribution in [2.75, 3.05) is 11.1 Å². The lowest BCUT2D eigenvalue weighted by Crippen LogP contribution is -2.14. The lowest BCUT2D eigenvalue weighted by atomic mass is 10.1. The van der Waals surface area contributed by atoms with Crippen LogP contribution in [-0.4, -0.2) is 11.0 Å². The van der Waals surface area contributed by atoms with Crippen LogP contribution in [0.15, 0.2) is 40.9 Å². The second kappa shape index (κ2) is 5.27. The molecule has 0 aliphatic heterocycles. The second-order valence-electron chi connectivity index (χ2n) is 3.85. The molecule has 0 spiro atoms. The Morgan fingerprint density at radius 3 is 2.74 bits per heavy atom. The fraction of sp³-hybridized carbons (Fsp3) is 0. The number of nitrogens with one attached hydrogen (secondary N) is 1. The van der Waals surface area contributed by atoms with Crippen molar-refractivity contribution in [2.24, 2.45) is 0 Å². The van der Waals surface area contributed by atoms with E-state index >= 15 is 0 Å². The zero-order valence-electron chi connectivity index (χ0n) is 9.65. The SMILES string of the molecule is Nc1ccc(O)cc1C(=O)Nc1cc(Br)ccc1F. The Bertz CT molecular complexity index is 647. The minimum atomic E-state index is -0.592. The number of amides is 1. The van der Waals surface area contributed by atoms with Crippen LogP contribution < -0.4 is 11.1 Å². The number of carbonyl (C=O) groups excluding carboxylic acids is 1. The molecule has 0 saturated carbocycles. The Morgan fingerprint density at radius 1 is 1.26 bits per heavy atom. The molecule has 0 fully saturated rings. The van der Waals surface area contributed by atoms with Gasteiger partial charge in [0.05, 0.1) is 11.3 Å². The van der Waals surface area contributed by atoms with E-state index in [9.17, 15) is 14.3 Å². The van der Waals surface area contributed by atoms with Crippen molar-refractivity contribution in [3.8, 4) is 5.75 Å². The Hall–Kier alpha value is -2.08. The summed E-state index contributed by atoms with van der Waals surface area (Å²) in [6.07, 6.45) is 0. The summed E-state index contributed by atoms with van der Waals surface area (Å²) in [7, 11) is 0. The number of phenolic OH excluding ortho intramolecular Hbond substituents is 1. The third kappa shape index (κ3) is 3.03. The highest BCUT2D eigenvalue weighted by Crippen LogP contribution is 2.23. The maximum atomic E-state index is 13.5. The van der Waals surface area contributed by atoms with E-state index in [1.165, 1.54) is 36.4 Å². The number of rotatable bonds is 2. The van der Waals surface area contributed by atoms with Crippen LogP contribution in [0.1, 0.15) is 10.4 Å². The van der Waals surface area contributed by atoms with E-state index in [0.717, 1.165) is 0 Å². The smallest absolute Gasteiger partial charge is 0.257 e. The summed E-state index contributed by atoms with van der Waals surface area (Å²) in [5, 5.41) is 11.7. The van der Waals surface area contributed by atoms with E-state index < -0.39 is 11.7 Å². The maximum Gasteiger partial charge on any atom is 0.257 e. The average Bonchev–Trinajstić information content (AvgIpc) is 2.36. The fourth-order valence-corrected chi connectivity index (χ4v) is 1.88. The third-order valence-corrected chi connectivity index (χ3v) is 2.95. The lowest BCUT2D eigenvalue weighted by molar-refractivity contribution is 0.102. The molecular formula is C13H10BrFN2O2. The van der Waals surface area contributed by atoms with E-state index in [4.69, 9.17) is 5.73 Å². The van der Waals surface area contributed by atoms with Crippen LogP contribution in [0, 0.1) is 5.82 Å². The van der Waals surface area contributed by atoms with Crippen molar-refractivity contribution < 1.29 is 14.3 Å². The standard InChI is InChI=1S/C13H10BrFN2O2/c14-7-1-3-10(15)12(5-7)17-13(19)9-6-8(18)2-4-11(9)16/h1-6,18H,16H2,(H,17,19). The molecule has 98 valence electrons. The zero-order chi connectivity index (χ0) is 14.0. The predicted octanol–water partition coefficient (Wildman–Crippen LogP) is 3.13. The van der Waals surface area contributed by atoms with Crippen molar-refractivity contribution in [3.05, 3.63) is 52.3 Å². The molecule has 0 unspecified atom stereocenters. The van der Waals surface area contributed by atoms with Crippen LogP contribution in [-0.2, 0) is 0 Å². The molecule has 0 saturated heterocycles. The van der Waals surface area contributed by atoms with E-state index in [-0.39, 0.29) is 22.7 Å². The number of hydrogen-bond acceptors (Lipinski definition) is 3. The number of nitrogen functional groups attached to an aromatic ring is 1. The van der Waals surface area contributed by atoms with Gasteiger partial charge in [0.1, 0.15) is 11.6 Å². The van der Waals surface area contributed by atoms with Gasteiger partial charge in [-0.15, -0.1) is 0 Å². The van der Waals surface area contributed by atoms with Gasteiger partial charge in [0.15, 0.2) is 0 Å². The second-order valence-corrected chi connectivity index (χ2v) is 4.77. The van der Waals surface area contributed by atoms with Crippen molar-refractivity contribution in [3.63, 3.8) is 0 Å². The van der Waals surface area contributed by atoms with Gasteiger partial charge in [0.2, 0.25) is 0 Å². The van der Waals surface area contributed by atoms with Crippen LogP contribution in [0.4, 0.5) is 15.8 Å². The van der Waals surface area contributed by atoms with Crippen LogP contribution in [0.5, 0.6) is 5.75 Å². The van der Waals surface area contributed by atoms with Crippen molar-refractivity contribution in [1.82, 2.24) is 0 Å². The highest BCUT2D eigenvalue weighted by atomic mass is 79.9. The number of benzene rings is 2. The highest BCUT2D eigenvalue weighted by molar-refractivity contribution is 9.10. The molecule has 2 rings (SSSR count). The summed E-state index contributed by atoms with van der Waals surface area (Å²) in [5.41, 5.74) is 5.95. The number of phenols is 1. The Labute approximate surface area is 117 Å². The van der Waals surface area contributed by atoms with Crippen LogP contribution in [0.25, 0.3) is 0 Å². The summed E-state index contributed by atoms with van der Waals surface area (Å²) in [4.78, 5) is 12.0. The quantitative estimate of drug-likeness (QED) is 0.586. The van der Waals surface area contributed by atoms with E-state index in [0.29, 0.717) is 4.47 Å². The lowest BCUT2D eigenvalue weighted by Gasteiger charge is -2.09. The minimum absolute atomic E-state index is 0.0297. The van der Waals surface area contributed by atoms with Gasteiger partial charge >= 0.3 is 0 Å². The van der Waals surface area contributed by atoms with E-state index in [1.807, 2.05) is 0 Å². The van der Waals surface area contributed by atoms with Crippen molar-refractivity contribution in [2.45, 2.75) is 0 Å². The molecule has 0 aliphatic rings. The molecular weight excluding hydrogens is 315 g/mol. The summed E-state index contributed by atoms with van der Waals surface area (Å²) >= 11 is 3.19. The molecule has 0 atom stereocenters. The minimum Gasteiger partial charge on any atom is -0.508 e. The van der Waals surface area contributed by atoms with E-state index in [1.54, 1.807) is 0 Å². The molecule has 19 heavy (non-hydrogen) atoms. The molecule has 4 nitrogen and oxygen atoms in total. The first kappa shape index (κ1) is 13.4. The summed E-state index contributed by atoms with van der Waals surface area (Å²) in [5.74, 6) is -1.24. The summed E-state index contributed by atoms with van der Waals surface area (Å²) in [6, 6.07) is 8.18. The molecule has 0 aliphatic carbocycles. The molecule has 2 aromatic carbocycles. The first-order valence-corrected chi connectivity index (χ1v) is 6.11. The van der Waals surface area contributed by atoms with Gasteiger partial charge in [-0.3, -0.25) is 4.79 Å². The Kier molecular flexibility index (Phi) is 3.71. The van der Waals surface area contributed by atoms with Gasteiger partial charge in [-0.05, 0) is 36.4 Å². The predicted molar refractivity (Wildman–Crippen MR) is 74.6 cm³/mol. The Balaban J connectivity index is 2.30. The summed E-state index contributed by atoms with van der Waals surface area (Å²) in [6.45, 7) is 0. The fourth-order valence-electron chi connectivity index (χ4n) is 1.52. The molecule has 6 heteroatoms. The largest absolute Gasteiger partial charge is 0.508 e. The van der Waals surface area contributed by atoms with Gasteiger partial charge in [-0.1, -0.05) is 15.9 Å². The zero-order valence-corrected chi connectivity index (χ0v) is 11.2. The molecule has 0 radical (unpaired) electrons. The molecule has 1 amide bonds. The van der Waals surface area contributed by atoms with Crippen LogP contribution >= 0.6 is 15.9 Å². The van der Waals surface area contributed by atoms with Gasteiger partial charge < -0.3 is 16.2 Å². The monoisotopic (exact) mass is 324 g/mol. The topological polar surface area (TPSA) is 75.3 Å². The number of nitrogens with two attached hydrogens (primary N) is 1. The molecule has 0 bridgehead atoms. The number of hydrogen-bond donors (Lipinski definition) is 3. The van der Waals surface area contributed by atoms with Gasteiger partial charge in [0.25, 0.3) is 5.91 Å². The van der Waals surface area contributed by atoms with E-state index in [2.05, 4.69) is 21.2 Å². The highest BCUT2D eigenvalue weighted by Gasteiger charge is 2.13. The number of carbonyl (C=O) groups is 1. The van der Waals surface area contributed by atoms with Gasteiger partial charge in [-0.25, -0.2) is 4.39 Å². The van der Waals surface area contributed by atoms with Crippen molar-refractivity contribution in [1.29, 1.82) is 0 Å².